The standard InChI is InChI=1S/C15H17N5/c1-2-8-20(9-6-13-5-3-4-7-17-13)15-12-18-14(10-16)11-19-15/h3-5,7,11-12H,2,6,8-9H2,1H3. The molecule has 102 valence electrons. The number of pyridine rings is 1. The molecule has 0 amide bonds. The van der Waals surface area contributed by atoms with E-state index in [0.29, 0.717) is 5.69 Å². The number of nitriles is 1. The zero-order valence-electron chi connectivity index (χ0n) is 11.5. The van der Waals surface area contributed by atoms with Crippen LogP contribution in [-0.2, 0) is 6.42 Å². The van der Waals surface area contributed by atoms with Gasteiger partial charge in [-0.25, -0.2) is 9.97 Å². The van der Waals surface area contributed by atoms with Crippen LogP contribution >= 0.6 is 0 Å². The second kappa shape index (κ2) is 7.19. The van der Waals surface area contributed by atoms with Gasteiger partial charge >= 0.3 is 0 Å². The fourth-order valence-electron chi connectivity index (χ4n) is 1.95. The molecular weight excluding hydrogens is 250 g/mol. The molecule has 0 aliphatic carbocycles. The summed E-state index contributed by atoms with van der Waals surface area (Å²) in [5, 5.41) is 8.75. The zero-order chi connectivity index (χ0) is 14.2. The van der Waals surface area contributed by atoms with Gasteiger partial charge in [-0.05, 0) is 18.6 Å². The summed E-state index contributed by atoms with van der Waals surface area (Å²) in [4.78, 5) is 14.9. The van der Waals surface area contributed by atoms with Crippen LogP contribution in [-0.4, -0.2) is 28.0 Å². The molecule has 2 aromatic rings. The Morgan fingerprint density at radius 3 is 2.65 bits per heavy atom. The third kappa shape index (κ3) is 3.75. The van der Waals surface area contributed by atoms with Crippen LogP contribution in [0.4, 0.5) is 5.82 Å². The number of nitrogens with zero attached hydrogens (tertiary/aromatic N) is 5. The first-order valence-electron chi connectivity index (χ1n) is 6.70. The highest BCUT2D eigenvalue weighted by atomic mass is 15.2. The summed E-state index contributed by atoms with van der Waals surface area (Å²) in [5.41, 5.74) is 1.41. The molecule has 0 radical (unpaired) electrons. The van der Waals surface area contributed by atoms with Gasteiger partial charge in [-0.3, -0.25) is 4.98 Å². The molecule has 0 aromatic carbocycles. The Morgan fingerprint density at radius 2 is 2.05 bits per heavy atom. The Balaban J connectivity index is 2.04. The summed E-state index contributed by atoms with van der Waals surface area (Å²) in [6.07, 6.45) is 6.87. The number of hydrogen-bond acceptors (Lipinski definition) is 5. The van der Waals surface area contributed by atoms with Gasteiger partial charge in [-0.15, -0.1) is 0 Å². The molecule has 20 heavy (non-hydrogen) atoms. The van der Waals surface area contributed by atoms with E-state index in [-0.39, 0.29) is 0 Å². The van der Waals surface area contributed by atoms with Gasteiger partial charge in [0, 0.05) is 31.4 Å². The maximum Gasteiger partial charge on any atom is 0.158 e. The smallest absolute Gasteiger partial charge is 0.158 e. The number of anilines is 1. The van der Waals surface area contributed by atoms with Crippen molar-refractivity contribution in [3.63, 3.8) is 0 Å². The summed E-state index contributed by atoms with van der Waals surface area (Å²) in [6.45, 7) is 3.88. The molecule has 0 fully saturated rings. The van der Waals surface area contributed by atoms with E-state index >= 15 is 0 Å². The minimum absolute atomic E-state index is 0.343. The average Bonchev–Trinajstić information content (AvgIpc) is 2.52. The maximum atomic E-state index is 8.75. The van der Waals surface area contributed by atoms with E-state index in [4.69, 9.17) is 5.26 Å². The van der Waals surface area contributed by atoms with Gasteiger partial charge in [0.1, 0.15) is 11.9 Å². The van der Waals surface area contributed by atoms with Crippen molar-refractivity contribution in [2.75, 3.05) is 18.0 Å². The van der Waals surface area contributed by atoms with Crippen molar-refractivity contribution >= 4 is 5.82 Å². The van der Waals surface area contributed by atoms with Crippen molar-refractivity contribution in [3.05, 3.63) is 48.2 Å². The molecule has 0 aliphatic rings. The Labute approximate surface area is 118 Å². The molecule has 0 N–H and O–H groups in total. The highest BCUT2D eigenvalue weighted by Crippen LogP contribution is 2.10. The van der Waals surface area contributed by atoms with Gasteiger partial charge in [0.05, 0.1) is 12.4 Å². The Hall–Kier alpha value is -2.48. The molecule has 0 unspecified atom stereocenters. The van der Waals surface area contributed by atoms with E-state index in [1.807, 2.05) is 24.3 Å². The van der Waals surface area contributed by atoms with Crippen LogP contribution in [0, 0.1) is 11.3 Å². The van der Waals surface area contributed by atoms with E-state index in [1.165, 1.54) is 6.20 Å². The molecule has 2 rings (SSSR count). The second-order valence-corrected chi connectivity index (χ2v) is 4.43. The minimum atomic E-state index is 0.343. The fourth-order valence-corrected chi connectivity index (χ4v) is 1.95. The molecule has 0 spiro atoms. The van der Waals surface area contributed by atoms with E-state index in [1.54, 1.807) is 12.4 Å². The van der Waals surface area contributed by atoms with Gasteiger partial charge in [-0.2, -0.15) is 5.26 Å². The summed E-state index contributed by atoms with van der Waals surface area (Å²) in [6, 6.07) is 7.91. The van der Waals surface area contributed by atoms with Crippen LogP contribution in [0.25, 0.3) is 0 Å². The summed E-state index contributed by atoms with van der Waals surface area (Å²) >= 11 is 0. The maximum absolute atomic E-state index is 8.75. The molecule has 0 saturated carbocycles. The van der Waals surface area contributed by atoms with Gasteiger partial charge in [0.15, 0.2) is 5.69 Å². The molecule has 0 aliphatic heterocycles. The molecule has 5 nitrogen and oxygen atoms in total. The highest BCUT2D eigenvalue weighted by Gasteiger charge is 2.08. The van der Waals surface area contributed by atoms with Crippen LogP contribution < -0.4 is 4.90 Å². The summed E-state index contributed by atoms with van der Waals surface area (Å²) in [5.74, 6) is 0.807. The molecule has 0 atom stereocenters. The Bertz CT molecular complexity index is 559. The predicted octanol–water partition coefficient (Wildman–Crippen LogP) is 2.20. The van der Waals surface area contributed by atoms with E-state index in [0.717, 1.165) is 37.4 Å². The lowest BCUT2D eigenvalue weighted by Crippen LogP contribution is -2.27. The monoisotopic (exact) mass is 267 g/mol. The lowest BCUT2D eigenvalue weighted by atomic mass is 10.2. The van der Waals surface area contributed by atoms with Crippen LogP contribution in [0.5, 0.6) is 0 Å². The molecule has 2 heterocycles. The largest absolute Gasteiger partial charge is 0.355 e. The van der Waals surface area contributed by atoms with Crippen molar-refractivity contribution in [1.82, 2.24) is 15.0 Å². The lowest BCUT2D eigenvalue weighted by Gasteiger charge is -2.22. The van der Waals surface area contributed by atoms with Crippen molar-refractivity contribution in [3.8, 4) is 6.07 Å². The highest BCUT2D eigenvalue weighted by molar-refractivity contribution is 5.37. The van der Waals surface area contributed by atoms with Gasteiger partial charge in [0.2, 0.25) is 0 Å². The Morgan fingerprint density at radius 1 is 1.15 bits per heavy atom. The van der Waals surface area contributed by atoms with Crippen LogP contribution in [0.2, 0.25) is 0 Å². The lowest BCUT2D eigenvalue weighted by molar-refractivity contribution is 0.735. The summed E-state index contributed by atoms with van der Waals surface area (Å²) < 4.78 is 0. The van der Waals surface area contributed by atoms with Crippen LogP contribution in [0.15, 0.2) is 36.8 Å². The average molecular weight is 267 g/mol. The quantitative estimate of drug-likeness (QED) is 0.802. The molecular formula is C15H17N5. The van der Waals surface area contributed by atoms with E-state index < -0.39 is 0 Å². The predicted molar refractivity (Wildman–Crippen MR) is 77.2 cm³/mol. The van der Waals surface area contributed by atoms with Crippen molar-refractivity contribution < 1.29 is 0 Å². The van der Waals surface area contributed by atoms with Crippen molar-refractivity contribution in [1.29, 1.82) is 5.26 Å². The van der Waals surface area contributed by atoms with Crippen LogP contribution in [0.3, 0.4) is 0 Å². The molecule has 2 aromatic heterocycles. The van der Waals surface area contributed by atoms with Gasteiger partial charge < -0.3 is 4.90 Å². The first-order valence-corrected chi connectivity index (χ1v) is 6.70. The topological polar surface area (TPSA) is 65.7 Å². The van der Waals surface area contributed by atoms with Gasteiger partial charge in [0.25, 0.3) is 0 Å². The van der Waals surface area contributed by atoms with Crippen molar-refractivity contribution in [2.24, 2.45) is 0 Å². The third-order valence-electron chi connectivity index (χ3n) is 2.93. The number of aromatic nitrogens is 3. The summed E-state index contributed by atoms with van der Waals surface area (Å²) in [7, 11) is 0. The van der Waals surface area contributed by atoms with Crippen LogP contribution in [0.1, 0.15) is 24.7 Å². The normalized spacial score (nSPS) is 10.0. The zero-order valence-corrected chi connectivity index (χ0v) is 11.5. The molecule has 0 bridgehead atoms. The van der Waals surface area contributed by atoms with E-state index in [2.05, 4.69) is 26.8 Å². The Kier molecular flexibility index (Phi) is 5.01. The van der Waals surface area contributed by atoms with Gasteiger partial charge in [-0.1, -0.05) is 13.0 Å². The first kappa shape index (κ1) is 13.9. The minimum Gasteiger partial charge on any atom is -0.355 e. The first-order chi connectivity index (χ1) is 9.83. The third-order valence-corrected chi connectivity index (χ3v) is 2.93. The number of rotatable bonds is 6. The fraction of sp³-hybridized carbons (Fsp3) is 0.333. The second-order valence-electron chi connectivity index (χ2n) is 4.43. The van der Waals surface area contributed by atoms with Crippen molar-refractivity contribution in [2.45, 2.75) is 19.8 Å². The number of hydrogen-bond donors (Lipinski definition) is 0. The molecule has 5 heteroatoms. The SMILES string of the molecule is CCCN(CCc1ccccn1)c1cnc(C#N)cn1. The molecule has 0 saturated heterocycles. The van der Waals surface area contributed by atoms with E-state index in [9.17, 15) is 0 Å².